The number of carboxylic acid groups (broad SMARTS) is 1. The van der Waals surface area contributed by atoms with Crippen molar-refractivity contribution in [3.63, 3.8) is 0 Å². The molecule has 0 bridgehead atoms. The number of nitrogens with one attached hydrogen (secondary N) is 1. The molecule has 1 aliphatic rings. The van der Waals surface area contributed by atoms with Crippen molar-refractivity contribution in [2.45, 2.75) is 24.2 Å². The van der Waals surface area contributed by atoms with Gasteiger partial charge in [-0.2, -0.15) is 0 Å². The second-order valence-corrected chi connectivity index (χ2v) is 8.02. The third kappa shape index (κ3) is 5.52. The van der Waals surface area contributed by atoms with Crippen LogP contribution in [0.25, 0.3) is 0 Å². The largest absolute Gasteiger partial charge is 0.481 e. The van der Waals surface area contributed by atoms with Crippen molar-refractivity contribution in [2.24, 2.45) is 5.92 Å². The van der Waals surface area contributed by atoms with Gasteiger partial charge in [-0.25, -0.2) is 13.1 Å². The summed E-state index contributed by atoms with van der Waals surface area (Å²) < 4.78 is 31.7. The zero-order valence-corrected chi connectivity index (χ0v) is 15.5. The zero-order valence-electron chi connectivity index (χ0n) is 14.7. The number of sulfonamides is 1. The summed E-state index contributed by atoms with van der Waals surface area (Å²) in [6, 6.07) is 5.92. The Morgan fingerprint density at radius 3 is 2.62 bits per heavy atom. The van der Waals surface area contributed by atoms with Gasteiger partial charge in [0.25, 0.3) is 5.91 Å². The molecule has 1 heterocycles. The minimum Gasteiger partial charge on any atom is -0.481 e. The Labute approximate surface area is 153 Å². The minimum absolute atomic E-state index is 0.0280. The fourth-order valence-corrected chi connectivity index (χ4v) is 3.99. The normalized spacial score (nSPS) is 15.8. The van der Waals surface area contributed by atoms with Crippen molar-refractivity contribution in [1.82, 2.24) is 9.62 Å². The van der Waals surface area contributed by atoms with Crippen molar-refractivity contribution < 1.29 is 27.9 Å². The summed E-state index contributed by atoms with van der Waals surface area (Å²) in [5.41, 5.74) is 0.302. The van der Waals surface area contributed by atoms with Crippen LogP contribution < -0.4 is 4.72 Å². The average Bonchev–Trinajstić information content (AvgIpc) is 2.61. The van der Waals surface area contributed by atoms with Gasteiger partial charge in [-0.05, 0) is 37.0 Å². The Morgan fingerprint density at radius 2 is 2.00 bits per heavy atom. The summed E-state index contributed by atoms with van der Waals surface area (Å²) in [6.07, 6.45) is 1.38. The molecule has 0 aliphatic carbocycles. The summed E-state index contributed by atoms with van der Waals surface area (Å²) in [6.45, 7) is 1.34. The zero-order chi connectivity index (χ0) is 19.2. The van der Waals surface area contributed by atoms with Crippen LogP contribution in [-0.4, -0.2) is 63.7 Å². The second-order valence-electron chi connectivity index (χ2n) is 6.25. The van der Waals surface area contributed by atoms with Crippen molar-refractivity contribution >= 4 is 21.9 Å². The molecule has 1 aliphatic heterocycles. The highest BCUT2D eigenvalue weighted by molar-refractivity contribution is 7.89. The van der Waals surface area contributed by atoms with Gasteiger partial charge < -0.3 is 14.7 Å². The highest BCUT2D eigenvalue weighted by Gasteiger charge is 2.25. The van der Waals surface area contributed by atoms with Crippen molar-refractivity contribution in [2.75, 3.05) is 33.4 Å². The molecule has 8 nitrogen and oxygen atoms in total. The first-order valence-electron chi connectivity index (χ1n) is 8.43. The number of nitrogens with zero attached hydrogens (tertiary/aromatic N) is 1. The molecule has 144 valence electrons. The number of methoxy groups -OCH3 is 1. The number of piperidine rings is 1. The van der Waals surface area contributed by atoms with E-state index in [1.165, 1.54) is 25.3 Å². The number of benzene rings is 1. The van der Waals surface area contributed by atoms with Crippen molar-refractivity contribution in [1.29, 1.82) is 0 Å². The van der Waals surface area contributed by atoms with Crippen LogP contribution in [0.3, 0.4) is 0 Å². The monoisotopic (exact) mass is 384 g/mol. The summed E-state index contributed by atoms with van der Waals surface area (Å²) in [5.74, 6) is -0.991. The molecule has 1 aromatic rings. The first-order chi connectivity index (χ1) is 12.3. The van der Waals surface area contributed by atoms with Crippen LogP contribution >= 0.6 is 0 Å². The Morgan fingerprint density at radius 1 is 1.31 bits per heavy atom. The highest BCUT2D eigenvalue weighted by atomic mass is 32.2. The van der Waals surface area contributed by atoms with Crippen LogP contribution in [-0.2, 0) is 19.6 Å². The SMILES string of the molecule is COCCNS(=O)(=O)c1cccc(C(=O)N2CCC(CC(=O)O)CC2)c1. The summed E-state index contributed by atoms with van der Waals surface area (Å²) in [5, 5.41) is 8.85. The van der Waals surface area contributed by atoms with Gasteiger partial charge in [-0.1, -0.05) is 6.07 Å². The number of rotatable bonds is 8. The van der Waals surface area contributed by atoms with Gasteiger partial charge in [0.2, 0.25) is 10.0 Å². The van der Waals surface area contributed by atoms with Crippen LogP contribution in [0, 0.1) is 5.92 Å². The van der Waals surface area contributed by atoms with E-state index in [1.807, 2.05) is 0 Å². The number of amides is 1. The number of carbonyl (C=O) groups is 2. The summed E-state index contributed by atoms with van der Waals surface area (Å²) in [7, 11) is -2.23. The molecule has 1 amide bonds. The number of hydrogen-bond acceptors (Lipinski definition) is 5. The molecule has 2 rings (SSSR count). The fraction of sp³-hybridized carbons (Fsp3) is 0.529. The molecule has 0 spiro atoms. The standard InChI is InChI=1S/C17H24N2O6S/c1-25-10-7-18-26(23,24)15-4-2-3-14(12-15)17(22)19-8-5-13(6-9-19)11-16(20)21/h2-4,12-13,18H,5-11H2,1H3,(H,20,21). The summed E-state index contributed by atoms with van der Waals surface area (Å²) in [4.78, 5) is 25.1. The molecule has 1 aromatic carbocycles. The van der Waals surface area contributed by atoms with Gasteiger partial charge in [0.1, 0.15) is 0 Å². The second kappa shape index (κ2) is 9.11. The predicted molar refractivity (Wildman–Crippen MR) is 94.4 cm³/mol. The van der Waals surface area contributed by atoms with Crippen LogP contribution in [0.2, 0.25) is 0 Å². The Bertz CT molecular complexity index is 741. The van der Waals surface area contributed by atoms with E-state index in [1.54, 1.807) is 11.0 Å². The molecule has 1 fully saturated rings. The topological polar surface area (TPSA) is 113 Å². The first-order valence-corrected chi connectivity index (χ1v) is 9.91. The molecule has 26 heavy (non-hydrogen) atoms. The number of hydrogen-bond donors (Lipinski definition) is 2. The molecule has 9 heteroatoms. The maximum absolute atomic E-state index is 12.6. The molecule has 2 N–H and O–H groups in total. The predicted octanol–water partition coefficient (Wildman–Crippen LogP) is 0.938. The fourth-order valence-electron chi connectivity index (χ4n) is 2.93. The van der Waals surface area contributed by atoms with Crippen LogP contribution in [0.15, 0.2) is 29.2 Å². The van der Waals surface area contributed by atoms with E-state index in [9.17, 15) is 18.0 Å². The Hall–Kier alpha value is -1.97. The molecular weight excluding hydrogens is 360 g/mol. The smallest absolute Gasteiger partial charge is 0.303 e. The summed E-state index contributed by atoms with van der Waals surface area (Å²) >= 11 is 0. The molecule has 0 saturated carbocycles. The van der Waals surface area contributed by atoms with Gasteiger partial charge in [0, 0.05) is 38.7 Å². The quantitative estimate of drug-likeness (QED) is 0.645. The Kier molecular flexibility index (Phi) is 7.13. The number of likely N-dealkylation sites (tertiary alicyclic amines) is 1. The number of carboxylic acids is 1. The van der Waals surface area contributed by atoms with Gasteiger partial charge in [0.05, 0.1) is 11.5 Å². The third-order valence-corrected chi connectivity index (χ3v) is 5.81. The van der Waals surface area contributed by atoms with Crippen LogP contribution in [0.5, 0.6) is 0 Å². The van der Waals surface area contributed by atoms with E-state index in [0.717, 1.165) is 0 Å². The van der Waals surface area contributed by atoms with E-state index < -0.39 is 16.0 Å². The minimum atomic E-state index is -3.71. The number of ether oxygens (including phenoxy) is 1. The van der Waals surface area contributed by atoms with Crippen molar-refractivity contribution in [3.8, 4) is 0 Å². The van der Waals surface area contributed by atoms with Crippen molar-refractivity contribution in [3.05, 3.63) is 29.8 Å². The lowest BCUT2D eigenvalue weighted by molar-refractivity contribution is -0.138. The lowest BCUT2D eigenvalue weighted by atomic mass is 9.93. The lowest BCUT2D eigenvalue weighted by Crippen LogP contribution is -2.39. The number of carbonyl (C=O) groups excluding carboxylic acids is 1. The molecule has 0 radical (unpaired) electrons. The number of aliphatic carboxylic acids is 1. The van der Waals surface area contributed by atoms with E-state index in [-0.39, 0.29) is 36.3 Å². The average molecular weight is 384 g/mol. The maximum atomic E-state index is 12.6. The van der Waals surface area contributed by atoms with Gasteiger partial charge >= 0.3 is 5.97 Å². The maximum Gasteiger partial charge on any atom is 0.303 e. The van der Waals surface area contributed by atoms with E-state index in [2.05, 4.69) is 4.72 Å². The lowest BCUT2D eigenvalue weighted by Gasteiger charge is -2.31. The van der Waals surface area contributed by atoms with E-state index >= 15 is 0 Å². The Balaban J connectivity index is 2.03. The van der Waals surface area contributed by atoms with E-state index in [4.69, 9.17) is 9.84 Å². The van der Waals surface area contributed by atoms with Crippen LogP contribution in [0.1, 0.15) is 29.6 Å². The first kappa shape index (κ1) is 20.3. The highest BCUT2D eigenvalue weighted by Crippen LogP contribution is 2.22. The van der Waals surface area contributed by atoms with Gasteiger partial charge in [-0.15, -0.1) is 0 Å². The van der Waals surface area contributed by atoms with Crippen LogP contribution in [0.4, 0.5) is 0 Å². The van der Waals surface area contributed by atoms with E-state index in [0.29, 0.717) is 31.5 Å². The molecule has 1 saturated heterocycles. The van der Waals surface area contributed by atoms with Gasteiger partial charge in [0.15, 0.2) is 0 Å². The third-order valence-electron chi connectivity index (χ3n) is 4.35. The molecular formula is C17H24N2O6S. The molecule has 0 aromatic heterocycles. The molecule has 0 atom stereocenters. The van der Waals surface area contributed by atoms with Gasteiger partial charge in [-0.3, -0.25) is 9.59 Å². The molecule has 0 unspecified atom stereocenters.